The maximum absolute atomic E-state index is 14.4. The van der Waals surface area contributed by atoms with Gasteiger partial charge >= 0.3 is 6.03 Å². The number of amides is 3. The number of hydrogen-bond donors (Lipinski definition) is 1. The lowest BCUT2D eigenvalue weighted by molar-refractivity contribution is 0.0741. The first-order valence-electron chi connectivity index (χ1n) is 9.46. The second kappa shape index (κ2) is 7.94. The van der Waals surface area contributed by atoms with Gasteiger partial charge in [-0.15, -0.1) is 0 Å². The zero-order valence-electron chi connectivity index (χ0n) is 16.1. The second-order valence-electron chi connectivity index (χ2n) is 6.88. The molecule has 1 N–H and O–H groups in total. The van der Waals surface area contributed by atoms with Gasteiger partial charge in [0.1, 0.15) is 17.4 Å². The van der Waals surface area contributed by atoms with Crippen molar-refractivity contribution < 1.29 is 18.7 Å². The summed E-state index contributed by atoms with van der Waals surface area (Å²) < 4.78 is 19.6. The molecule has 3 amide bonds. The molecule has 152 valence electrons. The third-order valence-corrected chi connectivity index (χ3v) is 5.19. The van der Waals surface area contributed by atoms with Gasteiger partial charge in [-0.2, -0.15) is 0 Å². The maximum Gasteiger partial charge on any atom is 0.321 e. The summed E-state index contributed by atoms with van der Waals surface area (Å²) in [5.74, 6) is 0.542. The van der Waals surface area contributed by atoms with E-state index in [9.17, 15) is 14.0 Å². The van der Waals surface area contributed by atoms with Gasteiger partial charge in [0.15, 0.2) is 0 Å². The molecule has 2 saturated heterocycles. The molecule has 2 aromatic rings. The zero-order valence-corrected chi connectivity index (χ0v) is 16.1. The monoisotopic (exact) mass is 399 g/mol. The second-order valence-corrected chi connectivity index (χ2v) is 6.88. The van der Waals surface area contributed by atoms with Gasteiger partial charge in [0.25, 0.3) is 5.91 Å². The Bertz CT molecular complexity index is 930. The van der Waals surface area contributed by atoms with E-state index in [0.29, 0.717) is 45.0 Å². The SMILES string of the molecule is COc1ccnc(N2CCN(C(=O)c3cc(N4CCNC4=O)ccc3F)CC2)c1. The molecule has 8 nitrogen and oxygen atoms in total. The number of halogens is 1. The molecule has 0 aliphatic carbocycles. The Morgan fingerprint density at radius 3 is 2.62 bits per heavy atom. The Morgan fingerprint density at radius 1 is 1.14 bits per heavy atom. The highest BCUT2D eigenvalue weighted by Gasteiger charge is 2.27. The number of rotatable bonds is 4. The molecule has 0 atom stereocenters. The average Bonchev–Trinajstić information content (AvgIpc) is 3.19. The van der Waals surface area contributed by atoms with Gasteiger partial charge in [0, 0.05) is 57.2 Å². The van der Waals surface area contributed by atoms with Gasteiger partial charge in [0.2, 0.25) is 0 Å². The van der Waals surface area contributed by atoms with Gasteiger partial charge in [-0.3, -0.25) is 9.69 Å². The van der Waals surface area contributed by atoms with Crippen LogP contribution in [0.15, 0.2) is 36.5 Å². The lowest BCUT2D eigenvalue weighted by Crippen LogP contribution is -2.49. The van der Waals surface area contributed by atoms with Gasteiger partial charge in [-0.25, -0.2) is 14.2 Å². The minimum atomic E-state index is -0.588. The van der Waals surface area contributed by atoms with Crippen LogP contribution in [0, 0.1) is 5.82 Å². The molecule has 0 radical (unpaired) electrons. The average molecular weight is 399 g/mol. The fourth-order valence-electron chi connectivity index (χ4n) is 3.57. The fourth-order valence-corrected chi connectivity index (χ4v) is 3.57. The van der Waals surface area contributed by atoms with Crippen LogP contribution in [-0.2, 0) is 0 Å². The van der Waals surface area contributed by atoms with Crippen molar-refractivity contribution in [3.05, 3.63) is 47.9 Å². The van der Waals surface area contributed by atoms with Crippen LogP contribution in [0.1, 0.15) is 10.4 Å². The summed E-state index contributed by atoms with van der Waals surface area (Å²) >= 11 is 0. The number of carbonyl (C=O) groups excluding carboxylic acids is 2. The summed E-state index contributed by atoms with van der Waals surface area (Å²) in [6.45, 7) is 3.09. The summed E-state index contributed by atoms with van der Waals surface area (Å²) in [5.41, 5.74) is 0.499. The molecule has 2 aliphatic rings. The van der Waals surface area contributed by atoms with Crippen LogP contribution < -0.4 is 19.9 Å². The lowest BCUT2D eigenvalue weighted by Gasteiger charge is -2.35. The molecule has 3 heterocycles. The number of nitrogens with one attached hydrogen (secondary N) is 1. The number of anilines is 2. The Labute approximate surface area is 167 Å². The Balaban J connectivity index is 1.46. The highest BCUT2D eigenvalue weighted by molar-refractivity contribution is 5.98. The normalized spacial score (nSPS) is 16.8. The first-order chi connectivity index (χ1) is 14.1. The topological polar surface area (TPSA) is 78.0 Å². The molecule has 0 unspecified atom stereocenters. The number of aromatic nitrogens is 1. The van der Waals surface area contributed by atoms with E-state index in [1.807, 2.05) is 6.07 Å². The smallest absolute Gasteiger partial charge is 0.321 e. The molecule has 2 aliphatic heterocycles. The van der Waals surface area contributed by atoms with Crippen molar-refractivity contribution in [2.24, 2.45) is 0 Å². The predicted molar refractivity (Wildman–Crippen MR) is 106 cm³/mol. The van der Waals surface area contributed by atoms with Crippen LogP contribution in [0.5, 0.6) is 5.75 Å². The van der Waals surface area contributed by atoms with Gasteiger partial charge in [-0.05, 0) is 24.3 Å². The summed E-state index contributed by atoms with van der Waals surface area (Å²) in [7, 11) is 1.60. The van der Waals surface area contributed by atoms with Crippen LogP contribution in [-0.4, -0.2) is 68.2 Å². The van der Waals surface area contributed by atoms with E-state index in [2.05, 4.69) is 15.2 Å². The molecule has 0 saturated carbocycles. The molecule has 2 fully saturated rings. The molecule has 1 aromatic carbocycles. The van der Waals surface area contributed by atoms with Crippen LogP contribution in [0.4, 0.5) is 20.7 Å². The van der Waals surface area contributed by atoms with E-state index in [1.165, 1.54) is 23.1 Å². The molecule has 0 spiro atoms. The third-order valence-electron chi connectivity index (χ3n) is 5.19. The summed E-state index contributed by atoms with van der Waals surface area (Å²) in [4.78, 5) is 34.3. The molecule has 9 heteroatoms. The van der Waals surface area contributed by atoms with Crippen LogP contribution in [0.25, 0.3) is 0 Å². The number of nitrogens with zero attached hydrogens (tertiary/aromatic N) is 4. The zero-order chi connectivity index (χ0) is 20.4. The van der Waals surface area contributed by atoms with Crippen molar-refractivity contribution in [1.29, 1.82) is 0 Å². The Hall–Kier alpha value is -3.36. The van der Waals surface area contributed by atoms with Gasteiger partial charge in [-0.1, -0.05) is 0 Å². The number of urea groups is 1. The summed E-state index contributed by atoms with van der Waals surface area (Å²) in [5, 5.41) is 2.70. The number of methoxy groups -OCH3 is 1. The third kappa shape index (κ3) is 3.80. The van der Waals surface area contributed by atoms with Gasteiger partial charge in [0.05, 0.1) is 12.7 Å². The van der Waals surface area contributed by atoms with E-state index >= 15 is 0 Å². The molecule has 0 bridgehead atoms. The van der Waals surface area contributed by atoms with Gasteiger partial charge < -0.3 is 19.9 Å². The van der Waals surface area contributed by atoms with Crippen LogP contribution in [0.2, 0.25) is 0 Å². The molecule has 4 rings (SSSR count). The van der Waals surface area contributed by atoms with Crippen molar-refractivity contribution in [2.45, 2.75) is 0 Å². The van der Waals surface area contributed by atoms with E-state index in [4.69, 9.17) is 4.74 Å². The van der Waals surface area contributed by atoms with E-state index < -0.39 is 5.82 Å². The molecular formula is C20H22FN5O3. The van der Waals surface area contributed by atoms with E-state index in [-0.39, 0.29) is 17.5 Å². The highest BCUT2D eigenvalue weighted by Crippen LogP contribution is 2.23. The molecular weight excluding hydrogens is 377 g/mol. The van der Waals surface area contributed by atoms with Crippen molar-refractivity contribution >= 4 is 23.4 Å². The number of piperazine rings is 1. The van der Waals surface area contributed by atoms with Crippen molar-refractivity contribution in [2.75, 3.05) is 56.2 Å². The lowest BCUT2D eigenvalue weighted by atomic mass is 10.1. The largest absolute Gasteiger partial charge is 0.497 e. The van der Waals surface area contributed by atoms with Crippen molar-refractivity contribution in [1.82, 2.24) is 15.2 Å². The minimum absolute atomic E-state index is 0.0184. The maximum atomic E-state index is 14.4. The predicted octanol–water partition coefficient (Wildman–Crippen LogP) is 1.72. The Morgan fingerprint density at radius 2 is 1.93 bits per heavy atom. The number of pyridine rings is 1. The number of benzene rings is 1. The van der Waals surface area contributed by atoms with E-state index in [0.717, 1.165) is 11.6 Å². The highest BCUT2D eigenvalue weighted by atomic mass is 19.1. The number of hydrogen-bond acceptors (Lipinski definition) is 5. The first-order valence-corrected chi connectivity index (χ1v) is 9.46. The first kappa shape index (κ1) is 19.0. The minimum Gasteiger partial charge on any atom is -0.497 e. The van der Waals surface area contributed by atoms with Crippen molar-refractivity contribution in [3.8, 4) is 5.75 Å². The Kier molecular flexibility index (Phi) is 5.20. The molecule has 29 heavy (non-hydrogen) atoms. The number of ether oxygens (including phenoxy) is 1. The summed E-state index contributed by atoms with van der Waals surface area (Å²) in [6.07, 6.45) is 1.68. The van der Waals surface area contributed by atoms with Crippen molar-refractivity contribution in [3.63, 3.8) is 0 Å². The standard InChI is InChI=1S/C20H22FN5O3/c1-29-15-4-5-22-18(13-15)24-8-10-25(11-9-24)19(27)16-12-14(2-3-17(16)21)26-7-6-23-20(26)28/h2-5,12-13H,6-11H2,1H3,(H,23,28). The van der Waals surface area contributed by atoms with E-state index in [1.54, 1.807) is 24.3 Å². The van der Waals surface area contributed by atoms with Crippen LogP contribution in [0.3, 0.4) is 0 Å². The number of carbonyl (C=O) groups is 2. The summed E-state index contributed by atoms with van der Waals surface area (Å²) in [6, 6.07) is 7.60. The molecule has 1 aromatic heterocycles. The van der Waals surface area contributed by atoms with Crippen LogP contribution >= 0.6 is 0 Å². The quantitative estimate of drug-likeness (QED) is 0.847. The fraction of sp³-hybridized carbons (Fsp3) is 0.350.